The number of hydrogen-bond donors (Lipinski definition) is 1. The Kier molecular flexibility index (Phi) is 3.08. The molecule has 0 unspecified atom stereocenters. The van der Waals surface area contributed by atoms with E-state index in [1.807, 2.05) is 53.7 Å². The zero-order chi connectivity index (χ0) is 14.1. The summed E-state index contributed by atoms with van der Waals surface area (Å²) in [6, 6.07) is 8.01. The largest absolute Gasteiger partial charge is 0.326 e. The van der Waals surface area contributed by atoms with Gasteiger partial charge in [0, 0.05) is 31.7 Å². The minimum Gasteiger partial charge on any atom is -0.326 e. The highest BCUT2D eigenvalue weighted by atomic mass is 15.3. The molecule has 0 fully saturated rings. The van der Waals surface area contributed by atoms with Gasteiger partial charge in [0.1, 0.15) is 5.82 Å². The Morgan fingerprint density at radius 1 is 1.25 bits per heavy atom. The van der Waals surface area contributed by atoms with Crippen molar-refractivity contribution in [1.82, 2.24) is 19.6 Å². The molecule has 0 spiro atoms. The lowest BCUT2D eigenvalue weighted by Crippen LogP contribution is -2.15. The van der Waals surface area contributed by atoms with Crippen LogP contribution < -0.4 is 10.6 Å². The van der Waals surface area contributed by atoms with Crippen molar-refractivity contribution in [3.63, 3.8) is 0 Å². The van der Waals surface area contributed by atoms with E-state index in [2.05, 4.69) is 15.2 Å². The smallest absolute Gasteiger partial charge is 0.204 e. The number of aryl methyl sites for hydroxylation is 1. The summed E-state index contributed by atoms with van der Waals surface area (Å²) in [4.78, 5) is 6.43. The molecule has 0 bridgehead atoms. The van der Waals surface area contributed by atoms with Gasteiger partial charge in [-0.05, 0) is 18.6 Å². The topological polar surface area (TPSA) is 72.3 Å². The molecule has 6 nitrogen and oxygen atoms in total. The summed E-state index contributed by atoms with van der Waals surface area (Å²) in [6.07, 6.45) is 3.61. The second-order valence-electron chi connectivity index (χ2n) is 4.58. The SMILES string of the molecule is Cc1nnc2c(N(C)c3ccccc3CN)nccn12. The second-order valence-corrected chi connectivity index (χ2v) is 4.58. The van der Waals surface area contributed by atoms with Gasteiger partial charge in [-0.1, -0.05) is 18.2 Å². The molecule has 0 amide bonds. The number of hydrogen-bond acceptors (Lipinski definition) is 5. The average molecular weight is 268 g/mol. The van der Waals surface area contributed by atoms with E-state index < -0.39 is 0 Å². The zero-order valence-corrected chi connectivity index (χ0v) is 11.5. The predicted octanol–water partition coefficient (Wildman–Crippen LogP) is 1.66. The van der Waals surface area contributed by atoms with Crippen molar-refractivity contribution in [2.45, 2.75) is 13.5 Å². The van der Waals surface area contributed by atoms with Crippen LogP contribution in [0.15, 0.2) is 36.7 Å². The second kappa shape index (κ2) is 4.90. The van der Waals surface area contributed by atoms with E-state index in [4.69, 9.17) is 5.73 Å². The monoisotopic (exact) mass is 268 g/mol. The van der Waals surface area contributed by atoms with Crippen LogP contribution in [-0.2, 0) is 6.54 Å². The quantitative estimate of drug-likeness (QED) is 0.782. The van der Waals surface area contributed by atoms with Gasteiger partial charge in [0.15, 0.2) is 5.82 Å². The zero-order valence-electron chi connectivity index (χ0n) is 11.5. The highest BCUT2D eigenvalue weighted by molar-refractivity contribution is 5.73. The Bertz CT molecular complexity index is 748. The summed E-state index contributed by atoms with van der Waals surface area (Å²) in [5.74, 6) is 1.60. The van der Waals surface area contributed by atoms with E-state index >= 15 is 0 Å². The van der Waals surface area contributed by atoms with Gasteiger partial charge in [-0.25, -0.2) is 4.98 Å². The molecule has 0 saturated heterocycles. The Morgan fingerprint density at radius 3 is 2.85 bits per heavy atom. The Labute approximate surface area is 116 Å². The van der Waals surface area contributed by atoms with Crippen molar-refractivity contribution in [2.75, 3.05) is 11.9 Å². The van der Waals surface area contributed by atoms with Crippen LogP contribution in [0.2, 0.25) is 0 Å². The van der Waals surface area contributed by atoms with Gasteiger partial charge >= 0.3 is 0 Å². The summed E-state index contributed by atoms with van der Waals surface area (Å²) >= 11 is 0. The fraction of sp³-hybridized carbons (Fsp3) is 0.214. The van der Waals surface area contributed by atoms with Crippen molar-refractivity contribution in [2.24, 2.45) is 5.73 Å². The normalized spacial score (nSPS) is 10.9. The molecule has 0 saturated carbocycles. The van der Waals surface area contributed by atoms with E-state index in [1.54, 1.807) is 6.20 Å². The van der Waals surface area contributed by atoms with E-state index in [1.165, 1.54) is 0 Å². The van der Waals surface area contributed by atoms with Gasteiger partial charge in [0.2, 0.25) is 5.65 Å². The van der Waals surface area contributed by atoms with Crippen molar-refractivity contribution >= 4 is 17.2 Å². The standard InChI is InChI=1S/C14H16N6/c1-10-17-18-14-13(16-7-8-20(10)14)19(2)12-6-4-3-5-11(12)9-15/h3-8H,9,15H2,1-2H3. The highest BCUT2D eigenvalue weighted by Gasteiger charge is 2.15. The molecule has 3 aromatic rings. The number of nitrogens with zero attached hydrogens (tertiary/aromatic N) is 5. The first-order valence-corrected chi connectivity index (χ1v) is 6.40. The number of fused-ring (bicyclic) bond motifs is 1. The number of benzene rings is 1. The first-order valence-electron chi connectivity index (χ1n) is 6.40. The first kappa shape index (κ1) is 12.6. The van der Waals surface area contributed by atoms with Crippen LogP contribution in [0.3, 0.4) is 0 Å². The summed E-state index contributed by atoms with van der Waals surface area (Å²) in [6.45, 7) is 2.40. The molecule has 0 aliphatic rings. The maximum atomic E-state index is 5.80. The van der Waals surface area contributed by atoms with Crippen molar-refractivity contribution < 1.29 is 0 Å². The Morgan fingerprint density at radius 2 is 2.05 bits per heavy atom. The molecule has 2 aromatic heterocycles. The van der Waals surface area contributed by atoms with Gasteiger partial charge in [-0.15, -0.1) is 10.2 Å². The van der Waals surface area contributed by atoms with E-state index in [9.17, 15) is 0 Å². The Balaban J connectivity index is 2.15. The molecule has 0 aliphatic heterocycles. The maximum absolute atomic E-state index is 5.80. The molecule has 0 aliphatic carbocycles. The highest BCUT2D eigenvalue weighted by Crippen LogP contribution is 2.27. The summed E-state index contributed by atoms with van der Waals surface area (Å²) in [5, 5.41) is 8.29. The third-order valence-corrected chi connectivity index (χ3v) is 3.37. The van der Waals surface area contributed by atoms with Gasteiger partial charge in [0.05, 0.1) is 0 Å². The van der Waals surface area contributed by atoms with Crippen LogP contribution in [0, 0.1) is 6.92 Å². The summed E-state index contributed by atoms with van der Waals surface area (Å²) in [7, 11) is 1.96. The third-order valence-electron chi connectivity index (χ3n) is 3.37. The molecular formula is C14H16N6. The van der Waals surface area contributed by atoms with Crippen LogP contribution >= 0.6 is 0 Å². The molecule has 1 aromatic carbocycles. The Hall–Kier alpha value is -2.47. The van der Waals surface area contributed by atoms with Crippen molar-refractivity contribution in [3.8, 4) is 0 Å². The maximum Gasteiger partial charge on any atom is 0.204 e. The predicted molar refractivity (Wildman–Crippen MR) is 77.9 cm³/mol. The molecule has 2 N–H and O–H groups in total. The minimum atomic E-state index is 0.481. The fourth-order valence-corrected chi connectivity index (χ4v) is 2.29. The fourth-order valence-electron chi connectivity index (χ4n) is 2.29. The van der Waals surface area contributed by atoms with Gasteiger partial charge in [-0.3, -0.25) is 4.40 Å². The van der Waals surface area contributed by atoms with Gasteiger partial charge in [0.25, 0.3) is 0 Å². The van der Waals surface area contributed by atoms with Gasteiger partial charge < -0.3 is 10.6 Å². The van der Waals surface area contributed by atoms with Crippen LogP contribution in [-0.4, -0.2) is 26.6 Å². The molecule has 6 heteroatoms. The van der Waals surface area contributed by atoms with E-state index in [-0.39, 0.29) is 0 Å². The summed E-state index contributed by atoms with van der Waals surface area (Å²) < 4.78 is 1.92. The molecule has 2 heterocycles. The first-order chi connectivity index (χ1) is 9.72. The lowest BCUT2D eigenvalue weighted by Gasteiger charge is -2.21. The average Bonchev–Trinajstić information content (AvgIpc) is 2.88. The van der Waals surface area contributed by atoms with Crippen LogP contribution in [0.1, 0.15) is 11.4 Å². The van der Waals surface area contributed by atoms with Crippen molar-refractivity contribution in [1.29, 1.82) is 0 Å². The number of para-hydroxylation sites is 1. The molecule has 3 rings (SSSR count). The number of rotatable bonds is 3. The molecule has 0 radical (unpaired) electrons. The van der Waals surface area contributed by atoms with Crippen LogP contribution in [0.5, 0.6) is 0 Å². The molecular weight excluding hydrogens is 252 g/mol. The number of anilines is 2. The lowest BCUT2D eigenvalue weighted by molar-refractivity contribution is 0.995. The van der Waals surface area contributed by atoms with E-state index in [0.29, 0.717) is 6.54 Å². The lowest BCUT2D eigenvalue weighted by atomic mass is 10.1. The minimum absolute atomic E-state index is 0.481. The molecule has 20 heavy (non-hydrogen) atoms. The van der Waals surface area contributed by atoms with Crippen molar-refractivity contribution in [3.05, 3.63) is 48.0 Å². The number of aromatic nitrogens is 4. The summed E-state index contributed by atoms with van der Waals surface area (Å²) in [5.41, 5.74) is 8.63. The van der Waals surface area contributed by atoms with Gasteiger partial charge in [-0.2, -0.15) is 0 Å². The molecule has 0 atom stereocenters. The van der Waals surface area contributed by atoms with E-state index in [0.717, 1.165) is 28.5 Å². The van der Waals surface area contributed by atoms with Crippen LogP contribution in [0.25, 0.3) is 5.65 Å². The van der Waals surface area contributed by atoms with Crippen LogP contribution in [0.4, 0.5) is 11.5 Å². The third kappa shape index (κ3) is 1.90. The number of nitrogens with two attached hydrogens (primary N) is 1. The molecule has 102 valence electrons.